The quantitative estimate of drug-likeness (QED) is 0.462. The number of hydrogen-bond acceptors (Lipinski definition) is 4. The maximum absolute atomic E-state index is 14.4. The lowest BCUT2D eigenvalue weighted by Crippen LogP contribution is -2.36. The number of Topliss-reactive ketones (excluding diaryl/α,β-unsaturated/α-hetero) is 2. The van der Waals surface area contributed by atoms with Crippen molar-refractivity contribution in [1.82, 2.24) is 9.80 Å². The lowest BCUT2D eigenvalue weighted by atomic mass is 9.74. The van der Waals surface area contributed by atoms with Crippen LogP contribution in [0.15, 0.2) is 22.3 Å². The van der Waals surface area contributed by atoms with Gasteiger partial charge in [0.25, 0.3) is 0 Å². The third-order valence-electron chi connectivity index (χ3n) is 10.5. The lowest BCUT2D eigenvalue weighted by molar-refractivity contribution is -0.134. The van der Waals surface area contributed by atoms with Gasteiger partial charge in [0.1, 0.15) is 11.6 Å². The highest BCUT2D eigenvalue weighted by atomic mass is 16.2. The maximum atomic E-state index is 14.4. The zero-order valence-electron chi connectivity index (χ0n) is 23.3. The molecule has 4 bridgehead atoms. The number of carbonyl (C=O) groups excluding carboxylic acids is 4. The molecule has 0 aromatic carbocycles. The molecule has 6 atom stereocenters. The average Bonchev–Trinajstić information content (AvgIpc) is 3.32. The minimum absolute atomic E-state index is 0.0859. The van der Waals surface area contributed by atoms with E-state index in [0.717, 1.165) is 90.4 Å². The van der Waals surface area contributed by atoms with E-state index in [9.17, 15) is 19.2 Å². The van der Waals surface area contributed by atoms with Crippen LogP contribution in [0.3, 0.4) is 0 Å². The van der Waals surface area contributed by atoms with E-state index in [0.29, 0.717) is 12.8 Å². The van der Waals surface area contributed by atoms with Crippen LogP contribution in [0.4, 0.5) is 0 Å². The fourth-order valence-electron chi connectivity index (χ4n) is 8.88. The summed E-state index contributed by atoms with van der Waals surface area (Å²) in [6.07, 6.45) is 9.39. The molecule has 2 fully saturated rings. The second-order valence-electron chi connectivity index (χ2n) is 13.2. The lowest BCUT2D eigenvalue weighted by Gasteiger charge is -2.30. The number of allylic oxidation sites excluding steroid dienone is 4. The standard InChI is InChI=1S/C32H44N2O4/c1-19-15-25-21-7-3-11-33(27(35)17-19)13-5-9-23(21)31(37)29(25)30-26-16-20(2)18-28(36)34-12-4-8-22(26)24(32(30)38)10-6-14-34/h19-20,23-24,29-30H,3-18H2,1-2H3/t19-,20-,23-,24-,29+,30+/m1/s1. The summed E-state index contributed by atoms with van der Waals surface area (Å²) in [5.41, 5.74) is 5.09. The molecule has 0 saturated carbocycles. The van der Waals surface area contributed by atoms with E-state index >= 15 is 0 Å². The molecular weight excluding hydrogens is 476 g/mol. The highest BCUT2D eigenvalue weighted by Gasteiger charge is 2.53. The number of fused-ring (bicyclic) bond motifs is 6. The molecule has 2 saturated heterocycles. The Morgan fingerprint density at radius 3 is 1.34 bits per heavy atom. The smallest absolute Gasteiger partial charge is 0.222 e. The third kappa shape index (κ3) is 4.50. The van der Waals surface area contributed by atoms with Gasteiger partial charge in [-0.05, 0) is 76.0 Å². The average molecular weight is 521 g/mol. The van der Waals surface area contributed by atoms with Gasteiger partial charge in [0.2, 0.25) is 11.8 Å². The molecule has 2 aliphatic carbocycles. The first-order chi connectivity index (χ1) is 18.3. The summed E-state index contributed by atoms with van der Waals surface area (Å²) < 4.78 is 0. The van der Waals surface area contributed by atoms with Gasteiger partial charge in [-0.3, -0.25) is 19.2 Å². The molecule has 6 nitrogen and oxygen atoms in total. The van der Waals surface area contributed by atoms with E-state index in [2.05, 4.69) is 13.8 Å². The second kappa shape index (κ2) is 10.4. The molecular formula is C32H44N2O4. The largest absolute Gasteiger partial charge is 0.343 e. The van der Waals surface area contributed by atoms with Crippen LogP contribution in [-0.4, -0.2) is 59.4 Å². The summed E-state index contributed by atoms with van der Waals surface area (Å²) in [6, 6.07) is 0. The first-order valence-corrected chi connectivity index (χ1v) is 15.4. The van der Waals surface area contributed by atoms with Gasteiger partial charge in [-0.25, -0.2) is 0 Å². The van der Waals surface area contributed by atoms with Gasteiger partial charge in [0, 0.05) is 50.9 Å². The van der Waals surface area contributed by atoms with Gasteiger partial charge in [-0.1, -0.05) is 36.1 Å². The first-order valence-electron chi connectivity index (χ1n) is 15.4. The third-order valence-corrected chi connectivity index (χ3v) is 10.5. The summed E-state index contributed by atoms with van der Waals surface area (Å²) in [5.74, 6) is 0.522. The summed E-state index contributed by atoms with van der Waals surface area (Å²) in [5, 5.41) is 0. The van der Waals surface area contributed by atoms with Gasteiger partial charge in [0.05, 0.1) is 11.8 Å². The molecule has 0 unspecified atom stereocenters. The maximum Gasteiger partial charge on any atom is 0.222 e. The fraction of sp³-hybridized carbons (Fsp3) is 0.750. The summed E-state index contributed by atoms with van der Waals surface area (Å²) in [6.45, 7) is 7.32. The monoisotopic (exact) mass is 520 g/mol. The molecule has 2 amide bonds. The van der Waals surface area contributed by atoms with Crippen molar-refractivity contribution in [3.63, 3.8) is 0 Å². The Hall–Kier alpha value is -2.24. The molecule has 6 heteroatoms. The van der Waals surface area contributed by atoms with Crippen LogP contribution in [0.5, 0.6) is 0 Å². The van der Waals surface area contributed by atoms with Crippen molar-refractivity contribution in [3.8, 4) is 0 Å². The van der Waals surface area contributed by atoms with Crippen LogP contribution in [0.25, 0.3) is 0 Å². The molecule has 0 N–H and O–H groups in total. The molecule has 206 valence electrons. The van der Waals surface area contributed by atoms with Crippen molar-refractivity contribution in [2.75, 3.05) is 26.2 Å². The van der Waals surface area contributed by atoms with Crippen LogP contribution in [0, 0.1) is 35.5 Å². The predicted molar refractivity (Wildman–Crippen MR) is 145 cm³/mol. The molecule has 0 aromatic rings. The highest BCUT2D eigenvalue weighted by Crippen LogP contribution is 2.53. The van der Waals surface area contributed by atoms with Crippen LogP contribution in [0.1, 0.15) is 90.9 Å². The van der Waals surface area contributed by atoms with Crippen molar-refractivity contribution in [2.24, 2.45) is 35.5 Å². The van der Waals surface area contributed by atoms with Crippen LogP contribution < -0.4 is 0 Å². The molecule has 38 heavy (non-hydrogen) atoms. The zero-order chi connectivity index (χ0) is 26.6. The first kappa shape index (κ1) is 26.0. The number of hydrogen-bond donors (Lipinski definition) is 0. The van der Waals surface area contributed by atoms with E-state index in [1.807, 2.05) is 9.80 Å². The number of carbonyl (C=O) groups is 4. The Morgan fingerprint density at radius 1 is 0.526 bits per heavy atom. The van der Waals surface area contributed by atoms with Crippen molar-refractivity contribution >= 4 is 23.4 Å². The van der Waals surface area contributed by atoms with Crippen molar-refractivity contribution < 1.29 is 19.2 Å². The molecule has 0 spiro atoms. The Labute approximate surface area is 227 Å². The number of amides is 2. The molecule has 4 aliphatic heterocycles. The number of rotatable bonds is 1. The summed E-state index contributed by atoms with van der Waals surface area (Å²) >= 11 is 0. The van der Waals surface area contributed by atoms with Crippen LogP contribution in [0.2, 0.25) is 0 Å². The highest BCUT2D eigenvalue weighted by molar-refractivity contribution is 6.01. The van der Waals surface area contributed by atoms with Gasteiger partial charge in [0.15, 0.2) is 0 Å². The topological polar surface area (TPSA) is 74.8 Å². The van der Waals surface area contributed by atoms with Crippen molar-refractivity contribution in [3.05, 3.63) is 22.3 Å². The zero-order valence-corrected chi connectivity index (χ0v) is 23.3. The van der Waals surface area contributed by atoms with Gasteiger partial charge >= 0.3 is 0 Å². The summed E-state index contributed by atoms with van der Waals surface area (Å²) in [4.78, 5) is 59.0. The number of nitrogens with zero attached hydrogens (tertiary/aromatic N) is 2. The Bertz CT molecular complexity index is 1020. The summed E-state index contributed by atoms with van der Waals surface area (Å²) in [7, 11) is 0. The fourth-order valence-corrected chi connectivity index (χ4v) is 8.88. The van der Waals surface area contributed by atoms with Gasteiger partial charge in [-0.2, -0.15) is 0 Å². The van der Waals surface area contributed by atoms with E-state index in [-0.39, 0.29) is 58.9 Å². The molecule has 0 aromatic heterocycles. The van der Waals surface area contributed by atoms with Gasteiger partial charge < -0.3 is 9.80 Å². The Balaban J connectivity index is 1.44. The van der Waals surface area contributed by atoms with Crippen LogP contribution >= 0.6 is 0 Å². The van der Waals surface area contributed by atoms with E-state index in [1.54, 1.807) is 0 Å². The molecule has 4 heterocycles. The van der Waals surface area contributed by atoms with Crippen LogP contribution in [-0.2, 0) is 19.2 Å². The van der Waals surface area contributed by atoms with E-state index in [4.69, 9.17) is 0 Å². The molecule has 6 aliphatic rings. The minimum atomic E-state index is -0.352. The second-order valence-corrected chi connectivity index (χ2v) is 13.2. The van der Waals surface area contributed by atoms with Crippen molar-refractivity contribution in [1.29, 1.82) is 0 Å². The SMILES string of the molecule is C[C@H]1CC(=O)N2CCCC3=C(C1)[C@@H]([C@H]1C(=O)[C@@H]4CCCN5CCCC4=C1C[C@@H](C)CC5=O)C(=O)[C@@H]3CCC2. The van der Waals surface area contributed by atoms with Crippen molar-refractivity contribution in [2.45, 2.75) is 90.9 Å². The number of ketones is 2. The van der Waals surface area contributed by atoms with Gasteiger partial charge in [-0.15, -0.1) is 0 Å². The van der Waals surface area contributed by atoms with E-state index in [1.165, 1.54) is 22.3 Å². The Kier molecular flexibility index (Phi) is 7.11. The molecule has 6 rings (SSSR count). The minimum Gasteiger partial charge on any atom is -0.343 e. The Morgan fingerprint density at radius 2 is 0.921 bits per heavy atom. The predicted octanol–water partition coefficient (Wildman–Crippen LogP) is 4.87. The molecule has 0 radical (unpaired) electrons. The van der Waals surface area contributed by atoms with E-state index < -0.39 is 0 Å². The normalized spacial score (nSPS) is 37.0.